The summed E-state index contributed by atoms with van der Waals surface area (Å²) in [5.41, 5.74) is 1.52. The van der Waals surface area contributed by atoms with Crippen molar-refractivity contribution < 1.29 is 4.79 Å². The second-order valence-corrected chi connectivity index (χ2v) is 5.35. The summed E-state index contributed by atoms with van der Waals surface area (Å²) in [7, 11) is 0. The SMILES string of the molecule is CCNC(=O)c1cc(N2CCC(n3cncn3)CC2)ccn1. The Morgan fingerprint density at radius 2 is 2.23 bits per heavy atom. The monoisotopic (exact) mass is 300 g/mol. The van der Waals surface area contributed by atoms with Crippen molar-refractivity contribution in [2.45, 2.75) is 25.8 Å². The van der Waals surface area contributed by atoms with Gasteiger partial charge in [0.2, 0.25) is 0 Å². The molecule has 1 fully saturated rings. The van der Waals surface area contributed by atoms with Gasteiger partial charge in [0.05, 0.1) is 6.04 Å². The number of amides is 1. The fourth-order valence-electron chi connectivity index (χ4n) is 2.79. The van der Waals surface area contributed by atoms with E-state index in [1.165, 1.54) is 0 Å². The highest BCUT2D eigenvalue weighted by Crippen LogP contribution is 2.25. The lowest BCUT2D eigenvalue weighted by molar-refractivity contribution is 0.0951. The van der Waals surface area contributed by atoms with Crippen molar-refractivity contribution in [3.05, 3.63) is 36.7 Å². The number of rotatable bonds is 4. The first-order valence-electron chi connectivity index (χ1n) is 7.61. The van der Waals surface area contributed by atoms with Crippen LogP contribution in [0.25, 0.3) is 0 Å². The first-order chi connectivity index (χ1) is 10.8. The molecule has 0 bridgehead atoms. The molecule has 7 nitrogen and oxygen atoms in total. The van der Waals surface area contributed by atoms with Crippen molar-refractivity contribution in [3.8, 4) is 0 Å². The quantitative estimate of drug-likeness (QED) is 0.920. The Labute approximate surface area is 129 Å². The zero-order valence-electron chi connectivity index (χ0n) is 12.6. The first kappa shape index (κ1) is 14.5. The van der Waals surface area contributed by atoms with E-state index in [0.717, 1.165) is 31.6 Å². The molecule has 1 N–H and O–H groups in total. The third-order valence-electron chi connectivity index (χ3n) is 3.95. The van der Waals surface area contributed by atoms with Crippen LogP contribution in [-0.4, -0.2) is 45.3 Å². The van der Waals surface area contributed by atoms with Gasteiger partial charge in [0.25, 0.3) is 5.91 Å². The van der Waals surface area contributed by atoms with Crippen molar-refractivity contribution in [1.82, 2.24) is 25.1 Å². The van der Waals surface area contributed by atoms with E-state index in [1.54, 1.807) is 18.9 Å². The van der Waals surface area contributed by atoms with Gasteiger partial charge < -0.3 is 10.2 Å². The molecular formula is C15H20N6O. The van der Waals surface area contributed by atoms with Gasteiger partial charge in [-0.2, -0.15) is 5.10 Å². The number of piperidine rings is 1. The van der Waals surface area contributed by atoms with Crippen LogP contribution in [0.5, 0.6) is 0 Å². The zero-order chi connectivity index (χ0) is 15.4. The molecule has 0 aliphatic carbocycles. The van der Waals surface area contributed by atoms with E-state index < -0.39 is 0 Å². The summed E-state index contributed by atoms with van der Waals surface area (Å²) in [5, 5.41) is 7.00. The summed E-state index contributed by atoms with van der Waals surface area (Å²) in [6, 6.07) is 4.22. The summed E-state index contributed by atoms with van der Waals surface area (Å²) in [4.78, 5) is 22.3. The van der Waals surface area contributed by atoms with E-state index in [1.807, 2.05) is 23.7 Å². The van der Waals surface area contributed by atoms with E-state index in [4.69, 9.17) is 0 Å². The Balaban J connectivity index is 1.66. The Kier molecular flexibility index (Phi) is 4.32. The third-order valence-corrected chi connectivity index (χ3v) is 3.95. The predicted octanol–water partition coefficient (Wildman–Crippen LogP) is 1.26. The van der Waals surface area contributed by atoms with Gasteiger partial charge in [-0.15, -0.1) is 0 Å². The molecule has 1 amide bonds. The number of nitrogens with one attached hydrogen (secondary N) is 1. The van der Waals surface area contributed by atoms with Crippen LogP contribution in [0, 0.1) is 0 Å². The zero-order valence-corrected chi connectivity index (χ0v) is 12.6. The largest absolute Gasteiger partial charge is 0.371 e. The van der Waals surface area contributed by atoms with Crippen LogP contribution in [0.4, 0.5) is 5.69 Å². The molecule has 22 heavy (non-hydrogen) atoms. The lowest BCUT2D eigenvalue weighted by atomic mass is 10.0. The van der Waals surface area contributed by atoms with Gasteiger partial charge in [-0.3, -0.25) is 9.78 Å². The normalized spacial score (nSPS) is 15.8. The van der Waals surface area contributed by atoms with Gasteiger partial charge in [-0.25, -0.2) is 9.67 Å². The molecule has 7 heteroatoms. The molecular weight excluding hydrogens is 280 g/mol. The van der Waals surface area contributed by atoms with Crippen LogP contribution in [0.3, 0.4) is 0 Å². The maximum absolute atomic E-state index is 11.9. The fraction of sp³-hybridized carbons (Fsp3) is 0.467. The molecule has 0 aromatic carbocycles. The highest BCUT2D eigenvalue weighted by Gasteiger charge is 2.21. The molecule has 0 radical (unpaired) electrons. The number of hydrogen-bond acceptors (Lipinski definition) is 5. The van der Waals surface area contributed by atoms with Gasteiger partial charge >= 0.3 is 0 Å². The minimum Gasteiger partial charge on any atom is -0.371 e. The number of pyridine rings is 1. The number of aromatic nitrogens is 4. The summed E-state index contributed by atoms with van der Waals surface area (Å²) in [5.74, 6) is -0.123. The van der Waals surface area contributed by atoms with Gasteiger partial charge in [0, 0.05) is 31.5 Å². The lowest BCUT2D eigenvalue weighted by Crippen LogP contribution is -2.35. The minimum atomic E-state index is -0.123. The van der Waals surface area contributed by atoms with Gasteiger partial charge in [0.15, 0.2) is 0 Å². The Morgan fingerprint density at radius 1 is 1.41 bits per heavy atom. The standard InChI is InChI=1S/C15H20N6O/c1-2-17-15(22)14-9-13(3-6-18-14)20-7-4-12(5-8-20)21-11-16-10-19-21/h3,6,9-12H,2,4-5,7-8H2,1H3,(H,17,22). The van der Waals surface area contributed by atoms with Crippen molar-refractivity contribution in [1.29, 1.82) is 0 Å². The van der Waals surface area contributed by atoms with Crippen molar-refractivity contribution in [2.75, 3.05) is 24.5 Å². The van der Waals surface area contributed by atoms with E-state index in [-0.39, 0.29) is 5.91 Å². The van der Waals surface area contributed by atoms with Gasteiger partial charge in [0.1, 0.15) is 18.3 Å². The maximum Gasteiger partial charge on any atom is 0.269 e. The topological polar surface area (TPSA) is 75.9 Å². The average Bonchev–Trinajstić information content (AvgIpc) is 3.10. The fourth-order valence-corrected chi connectivity index (χ4v) is 2.79. The van der Waals surface area contributed by atoms with Crippen LogP contribution in [0.2, 0.25) is 0 Å². The van der Waals surface area contributed by atoms with E-state index in [9.17, 15) is 4.79 Å². The molecule has 116 valence electrons. The molecule has 2 aromatic heterocycles. The molecule has 0 unspecified atom stereocenters. The Bertz CT molecular complexity index is 619. The number of anilines is 1. The van der Waals surface area contributed by atoms with Crippen molar-refractivity contribution in [2.24, 2.45) is 0 Å². The Morgan fingerprint density at radius 3 is 2.91 bits per heavy atom. The summed E-state index contributed by atoms with van der Waals surface area (Å²) >= 11 is 0. The van der Waals surface area contributed by atoms with E-state index in [2.05, 4.69) is 25.3 Å². The number of hydrogen-bond donors (Lipinski definition) is 1. The molecule has 0 saturated carbocycles. The summed E-state index contributed by atoms with van der Waals surface area (Å²) in [6.45, 7) is 4.37. The number of carbonyl (C=O) groups excluding carboxylic acids is 1. The number of carbonyl (C=O) groups is 1. The smallest absolute Gasteiger partial charge is 0.269 e. The lowest BCUT2D eigenvalue weighted by Gasteiger charge is -2.33. The molecule has 0 spiro atoms. The number of nitrogens with zero attached hydrogens (tertiary/aromatic N) is 5. The maximum atomic E-state index is 11.9. The molecule has 1 saturated heterocycles. The summed E-state index contributed by atoms with van der Waals surface area (Å²) < 4.78 is 1.93. The minimum absolute atomic E-state index is 0.123. The van der Waals surface area contributed by atoms with E-state index >= 15 is 0 Å². The summed E-state index contributed by atoms with van der Waals surface area (Å²) in [6.07, 6.45) is 7.08. The van der Waals surface area contributed by atoms with E-state index in [0.29, 0.717) is 18.3 Å². The molecule has 3 rings (SSSR count). The van der Waals surface area contributed by atoms with Crippen LogP contribution < -0.4 is 10.2 Å². The molecule has 3 heterocycles. The highest BCUT2D eigenvalue weighted by atomic mass is 16.1. The van der Waals surface area contributed by atoms with Crippen molar-refractivity contribution in [3.63, 3.8) is 0 Å². The van der Waals surface area contributed by atoms with Crippen LogP contribution in [-0.2, 0) is 0 Å². The first-order valence-corrected chi connectivity index (χ1v) is 7.61. The van der Waals surface area contributed by atoms with Gasteiger partial charge in [-0.05, 0) is 31.9 Å². The second kappa shape index (κ2) is 6.55. The highest BCUT2D eigenvalue weighted by molar-refractivity contribution is 5.93. The predicted molar refractivity (Wildman–Crippen MR) is 82.8 cm³/mol. The molecule has 0 atom stereocenters. The van der Waals surface area contributed by atoms with Crippen LogP contribution in [0.1, 0.15) is 36.3 Å². The molecule has 2 aromatic rings. The van der Waals surface area contributed by atoms with Crippen LogP contribution in [0.15, 0.2) is 31.0 Å². The molecule has 1 aliphatic rings. The Hall–Kier alpha value is -2.44. The van der Waals surface area contributed by atoms with Crippen LogP contribution >= 0.6 is 0 Å². The van der Waals surface area contributed by atoms with Gasteiger partial charge in [-0.1, -0.05) is 0 Å². The average molecular weight is 300 g/mol. The third kappa shape index (κ3) is 3.08. The molecule has 1 aliphatic heterocycles. The second-order valence-electron chi connectivity index (χ2n) is 5.35. The van der Waals surface area contributed by atoms with Crippen molar-refractivity contribution >= 4 is 11.6 Å².